The lowest BCUT2D eigenvalue weighted by Gasteiger charge is -2.43. The Bertz CT molecular complexity index is 893. The molecule has 0 spiro atoms. The Labute approximate surface area is 185 Å². The fourth-order valence-corrected chi connectivity index (χ4v) is 3.27. The molecule has 0 radical (unpaired) electrons. The molecule has 1 aromatic carbocycles. The van der Waals surface area contributed by atoms with E-state index in [1.54, 1.807) is 30.6 Å². The number of aromatic hydroxyl groups is 1. The Kier molecular flexibility index (Phi) is 8.93. The van der Waals surface area contributed by atoms with Crippen LogP contribution in [-0.4, -0.2) is 73.7 Å². The van der Waals surface area contributed by atoms with Crippen LogP contribution >= 0.6 is 0 Å². The summed E-state index contributed by atoms with van der Waals surface area (Å²) >= 11 is 0. The normalized spacial score (nSPS) is 20.3. The van der Waals surface area contributed by atoms with Gasteiger partial charge in [-0.15, -0.1) is 10.2 Å². The summed E-state index contributed by atoms with van der Waals surface area (Å²) in [5, 5.41) is 27.3. The van der Waals surface area contributed by atoms with Gasteiger partial charge in [0.15, 0.2) is 0 Å². The number of hydrogen-bond acceptors (Lipinski definition) is 6. The van der Waals surface area contributed by atoms with E-state index in [-0.39, 0.29) is 5.75 Å². The molecule has 8 nitrogen and oxygen atoms in total. The molecule has 1 saturated heterocycles. The van der Waals surface area contributed by atoms with Crippen LogP contribution in [0.3, 0.4) is 0 Å². The molecule has 3 rings (SSSR count). The van der Waals surface area contributed by atoms with E-state index >= 15 is 0 Å². The standard InChI is InChI=1S/C20H27N7O.C3H8/c1-6-19(18-8-7-17(11-20(18)28)27-21-9-10-22-27)24-23-16(4)26-12-14(2)25(5)15(3)13-26;1-3-2/h6-11,14-15,28H,1,12-13H2,2-5H3;3H2,1-2H3/b23-16+,24-19+;/t14-,15+;. The molecule has 1 aliphatic heterocycles. The maximum atomic E-state index is 10.4. The van der Waals surface area contributed by atoms with Crippen LogP contribution in [0.25, 0.3) is 5.69 Å². The molecule has 1 N–H and O–H groups in total. The topological polar surface area (TPSA) is 82.1 Å². The van der Waals surface area contributed by atoms with Gasteiger partial charge in [-0.2, -0.15) is 15.0 Å². The molecule has 1 fully saturated rings. The van der Waals surface area contributed by atoms with Crippen LogP contribution < -0.4 is 0 Å². The van der Waals surface area contributed by atoms with Crippen LogP contribution in [0.4, 0.5) is 0 Å². The van der Waals surface area contributed by atoms with E-state index in [2.05, 4.69) is 71.5 Å². The first-order valence-corrected chi connectivity index (χ1v) is 10.7. The zero-order valence-electron chi connectivity index (χ0n) is 19.5. The van der Waals surface area contributed by atoms with E-state index in [1.807, 2.05) is 13.0 Å². The molecule has 0 amide bonds. The summed E-state index contributed by atoms with van der Waals surface area (Å²) in [6, 6.07) is 6.07. The van der Waals surface area contributed by atoms with Gasteiger partial charge >= 0.3 is 0 Å². The third kappa shape index (κ3) is 6.24. The summed E-state index contributed by atoms with van der Waals surface area (Å²) in [6.07, 6.45) is 6.01. The maximum Gasteiger partial charge on any atom is 0.127 e. The zero-order chi connectivity index (χ0) is 23.0. The minimum Gasteiger partial charge on any atom is -0.507 e. The van der Waals surface area contributed by atoms with Gasteiger partial charge in [-0.3, -0.25) is 4.90 Å². The number of phenolic OH excluding ortho intramolecular Hbond substituents is 1. The Morgan fingerprint density at radius 2 is 1.74 bits per heavy atom. The monoisotopic (exact) mass is 425 g/mol. The third-order valence-corrected chi connectivity index (χ3v) is 5.22. The van der Waals surface area contributed by atoms with Crippen LogP contribution in [0.1, 0.15) is 46.6 Å². The van der Waals surface area contributed by atoms with Gasteiger partial charge in [-0.1, -0.05) is 26.8 Å². The lowest BCUT2D eigenvalue weighted by Crippen LogP contribution is -2.56. The second-order valence-electron chi connectivity index (χ2n) is 7.83. The number of rotatable bonds is 4. The average molecular weight is 426 g/mol. The van der Waals surface area contributed by atoms with Gasteiger partial charge in [0, 0.05) is 36.8 Å². The van der Waals surface area contributed by atoms with Gasteiger partial charge in [-0.25, -0.2) is 0 Å². The molecule has 0 unspecified atom stereocenters. The van der Waals surface area contributed by atoms with Crippen molar-refractivity contribution in [2.45, 2.75) is 53.1 Å². The number of aromatic nitrogens is 3. The number of nitrogens with zero attached hydrogens (tertiary/aromatic N) is 7. The number of amidine groups is 1. The van der Waals surface area contributed by atoms with Crippen LogP contribution in [0, 0.1) is 0 Å². The fourth-order valence-electron chi connectivity index (χ4n) is 3.27. The van der Waals surface area contributed by atoms with Gasteiger partial charge in [0.2, 0.25) is 0 Å². The van der Waals surface area contributed by atoms with Crippen molar-refractivity contribution < 1.29 is 5.11 Å². The SMILES string of the molecule is C=C/C(=N\N=C(/C)N1C[C@@H](C)N(C)[C@@H](C)C1)c1ccc(-n2nccn2)cc1O.CCC. The smallest absolute Gasteiger partial charge is 0.127 e. The molecule has 2 aromatic rings. The average Bonchev–Trinajstić information content (AvgIpc) is 3.28. The molecule has 1 aliphatic rings. The van der Waals surface area contributed by atoms with E-state index < -0.39 is 0 Å². The molecular formula is C23H35N7O. The van der Waals surface area contributed by atoms with Gasteiger partial charge in [0.25, 0.3) is 0 Å². The van der Waals surface area contributed by atoms with Gasteiger partial charge < -0.3 is 10.0 Å². The third-order valence-electron chi connectivity index (χ3n) is 5.22. The van der Waals surface area contributed by atoms with E-state index in [1.165, 1.54) is 11.2 Å². The summed E-state index contributed by atoms with van der Waals surface area (Å²) in [7, 11) is 2.15. The molecule has 2 heterocycles. The highest BCUT2D eigenvalue weighted by molar-refractivity contribution is 6.10. The summed E-state index contributed by atoms with van der Waals surface area (Å²) in [5.41, 5.74) is 1.73. The molecule has 0 saturated carbocycles. The van der Waals surface area contributed by atoms with E-state index in [0.717, 1.165) is 18.9 Å². The molecule has 0 bridgehead atoms. The number of allylic oxidation sites excluding steroid dienone is 1. The van der Waals surface area contributed by atoms with Crippen molar-refractivity contribution in [2.24, 2.45) is 10.2 Å². The maximum absolute atomic E-state index is 10.4. The lowest BCUT2D eigenvalue weighted by atomic mass is 10.1. The van der Waals surface area contributed by atoms with Crippen molar-refractivity contribution in [3.63, 3.8) is 0 Å². The van der Waals surface area contributed by atoms with Crippen molar-refractivity contribution in [2.75, 3.05) is 20.1 Å². The molecule has 0 aliphatic carbocycles. The minimum atomic E-state index is 0.0724. The number of likely N-dealkylation sites (N-methyl/N-ethyl adjacent to an activating group) is 1. The van der Waals surface area contributed by atoms with Crippen molar-refractivity contribution >= 4 is 11.5 Å². The van der Waals surface area contributed by atoms with Crippen LogP contribution in [0.5, 0.6) is 5.75 Å². The van der Waals surface area contributed by atoms with Crippen LogP contribution in [-0.2, 0) is 0 Å². The van der Waals surface area contributed by atoms with Crippen molar-refractivity contribution in [3.8, 4) is 11.4 Å². The molecule has 1 aromatic heterocycles. The Balaban J connectivity index is 0.00000107. The quantitative estimate of drug-likeness (QED) is 0.459. The van der Waals surface area contributed by atoms with Crippen molar-refractivity contribution in [1.29, 1.82) is 0 Å². The Morgan fingerprint density at radius 1 is 1.16 bits per heavy atom. The van der Waals surface area contributed by atoms with Crippen LogP contribution in [0.15, 0.2) is 53.5 Å². The van der Waals surface area contributed by atoms with Gasteiger partial charge in [0.1, 0.15) is 11.6 Å². The van der Waals surface area contributed by atoms with Gasteiger partial charge in [0.05, 0.1) is 23.8 Å². The van der Waals surface area contributed by atoms with Crippen LogP contribution in [0.2, 0.25) is 0 Å². The number of phenols is 1. The summed E-state index contributed by atoms with van der Waals surface area (Å²) in [4.78, 5) is 6.05. The second kappa shape index (κ2) is 11.4. The molecule has 168 valence electrons. The van der Waals surface area contributed by atoms with E-state index in [9.17, 15) is 5.11 Å². The first-order chi connectivity index (χ1) is 14.8. The molecule has 2 atom stereocenters. The Hall–Kier alpha value is -3.00. The number of piperazine rings is 1. The predicted octanol–water partition coefficient (Wildman–Crippen LogP) is 3.72. The molecular weight excluding hydrogens is 390 g/mol. The minimum absolute atomic E-state index is 0.0724. The fraction of sp³-hybridized carbons (Fsp3) is 0.478. The predicted molar refractivity (Wildman–Crippen MR) is 127 cm³/mol. The highest BCUT2D eigenvalue weighted by Crippen LogP contribution is 2.22. The van der Waals surface area contributed by atoms with E-state index in [4.69, 9.17) is 0 Å². The zero-order valence-corrected chi connectivity index (χ0v) is 19.5. The van der Waals surface area contributed by atoms with Crippen molar-refractivity contribution in [3.05, 3.63) is 48.8 Å². The Morgan fingerprint density at radius 3 is 2.26 bits per heavy atom. The van der Waals surface area contributed by atoms with Crippen molar-refractivity contribution in [1.82, 2.24) is 24.8 Å². The summed E-state index contributed by atoms with van der Waals surface area (Å²) < 4.78 is 0. The lowest BCUT2D eigenvalue weighted by molar-refractivity contribution is 0.0984. The highest BCUT2D eigenvalue weighted by atomic mass is 16.3. The summed E-state index contributed by atoms with van der Waals surface area (Å²) in [6.45, 7) is 16.3. The summed E-state index contributed by atoms with van der Waals surface area (Å²) in [5.74, 6) is 0.922. The highest BCUT2D eigenvalue weighted by Gasteiger charge is 2.27. The van der Waals surface area contributed by atoms with E-state index in [0.29, 0.717) is 29.0 Å². The molecule has 8 heteroatoms. The second-order valence-corrected chi connectivity index (χ2v) is 7.83. The number of benzene rings is 1. The van der Waals surface area contributed by atoms with Gasteiger partial charge in [-0.05, 0) is 46.0 Å². The number of hydrogen-bond donors (Lipinski definition) is 1. The first kappa shape index (κ1) is 24.3. The largest absolute Gasteiger partial charge is 0.507 e. The first-order valence-electron chi connectivity index (χ1n) is 10.7. The molecule has 31 heavy (non-hydrogen) atoms.